The molecule has 8 heteroatoms. The van der Waals surface area contributed by atoms with Crippen molar-refractivity contribution in [3.8, 4) is 0 Å². The Kier molecular flexibility index (Phi) is 7.73. The first-order valence-electron chi connectivity index (χ1n) is 11.9. The number of nitrogens with one attached hydrogen (secondary N) is 2. The van der Waals surface area contributed by atoms with E-state index in [4.69, 9.17) is 22.2 Å². The van der Waals surface area contributed by atoms with E-state index >= 15 is 0 Å². The smallest absolute Gasteiger partial charge is 0.232 e. The first kappa shape index (κ1) is 22.7. The Morgan fingerprint density at radius 1 is 1.03 bits per heavy atom. The van der Waals surface area contributed by atoms with Crippen LogP contribution < -0.4 is 20.4 Å². The standard InChI is InChI=1S/C24H35N7S/c1-18-12-19(2)17-31(16-18)22-13-21(30-10-5-3-4-6-11-30)27-23(28-22)29-24(32)26-15-20-8-7-9-25-14-20/h7-9,13-14,18-19H,3-6,10-12,15-17H2,1-2H3,(H2,26,27,28,29,32)/t18-,19-/m1/s1. The summed E-state index contributed by atoms with van der Waals surface area (Å²) in [6.45, 7) is 9.43. The van der Waals surface area contributed by atoms with Gasteiger partial charge in [0.1, 0.15) is 11.6 Å². The van der Waals surface area contributed by atoms with Crippen LogP contribution in [0.15, 0.2) is 30.6 Å². The highest BCUT2D eigenvalue weighted by molar-refractivity contribution is 7.80. The van der Waals surface area contributed by atoms with Gasteiger partial charge in [-0.2, -0.15) is 9.97 Å². The Morgan fingerprint density at radius 3 is 2.38 bits per heavy atom. The van der Waals surface area contributed by atoms with Crippen molar-refractivity contribution < 1.29 is 0 Å². The molecule has 2 aromatic rings. The second-order valence-corrected chi connectivity index (χ2v) is 9.74. The maximum atomic E-state index is 5.54. The number of rotatable bonds is 5. The molecule has 2 aliphatic heterocycles. The van der Waals surface area contributed by atoms with Crippen LogP contribution in [-0.4, -0.2) is 46.2 Å². The molecular formula is C24H35N7S. The van der Waals surface area contributed by atoms with Gasteiger partial charge >= 0.3 is 0 Å². The van der Waals surface area contributed by atoms with E-state index in [9.17, 15) is 0 Å². The van der Waals surface area contributed by atoms with Gasteiger partial charge in [-0.1, -0.05) is 32.8 Å². The number of pyridine rings is 1. The number of hydrogen-bond donors (Lipinski definition) is 2. The summed E-state index contributed by atoms with van der Waals surface area (Å²) in [6.07, 6.45) is 9.89. The molecule has 172 valence electrons. The molecular weight excluding hydrogens is 418 g/mol. The molecule has 0 amide bonds. The molecule has 2 aromatic heterocycles. The largest absolute Gasteiger partial charge is 0.358 e. The molecule has 0 aliphatic carbocycles. The average molecular weight is 454 g/mol. The van der Waals surface area contributed by atoms with Gasteiger partial charge in [0.2, 0.25) is 5.95 Å². The third-order valence-corrected chi connectivity index (χ3v) is 6.47. The van der Waals surface area contributed by atoms with Crippen molar-refractivity contribution in [2.45, 2.75) is 52.5 Å². The second kappa shape index (κ2) is 10.9. The lowest BCUT2D eigenvalue weighted by Gasteiger charge is -2.36. The normalized spacial score (nSPS) is 21.7. The Morgan fingerprint density at radius 2 is 1.72 bits per heavy atom. The minimum absolute atomic E-state index is 0.521. The van der Waals surface area contributed by atoms with Crippen LogP contribution in [0.1, 0.15) is 51.5 Å². The van der Waals surface area contributed by atoms with E-state index in [0.717, 1.165) is 43.4 Å². The van der Waals surface area contributed by atoms with E-state index in [1.54, 1.807) is 6.20 Å². The summed E-state index contributed by atoms with van der Waals surface area (Å²) in [6, 6.07) is 6.12. The lowest BCUT2D eigenvalue weighted by Crippen LogP contribution is -2.39. The number of hydrogen-bond acceptors (Lipinski definition) is 6. The molecule has 0 unspecified atom stereocenters. The Hall–Kier alpha value is -2.48. The van der Waals surface area contributed by atoms with Crippen molar-refractivity contribution in [3.05, 3.63) is 36.2 Å². The third kappa shape index (κ3) is 6.28. The Bertz CT molecular complexity index is 873. The van der Waals surface area contributed by atoms with E-state index in [1.807, 2.05) is 18.3 Å². The van der Waals surface area contributed by atoms with Gasteiger partial charge in [-0.25, -0.2) is 0 Å². The molecule has 0 saturated carbocycles. The number of nitrogens with zero attached hydrogens (tertiary/aromatic N) is 5. The van der Waals surface area contributed by atoms with Gasteiger partial charge < -0.3 is 20.4 Å². The summed E-state index contributed by atoms with van der Waals surface area (Å²) in [7, 11) is 0. The summed E-state index contributed by atoms with van der Waals surface area (Å²) in [5.74, 6) is 3.88. The van der Waals surface area contributed by atoms with Gasteiger partial charge in [-0.15, -0.1) is 0 Å². The number of aromatic nitrogens is 3. The molecule has 7 nitrogen and oxygen atoms in total. The maximum Gasteiger partial charge on any atom is 0.232 e. The van der Waals surface area contributed by atoms with Gasteiger partial charge in [-0.3, -0.25) is 4.98 Å². The first-order chi connectivity index (χ1) is 15.6. The monoisotopic (exact) mass is 453 g/mol. The maximum absolute atomic E-state index is 5.54. The van der Waals surface area contributed by atoms with E-state index in [-0.39, 0.29) is 0 Å². The number of thiocarbonyl (C=S) groups is 1. The minimum Gasteiger partial charge on any atom is -0.358 e. The third-order valence-electron chi connectivity index (χ3n) is 6.22. The molecule has 0 radical (unpaired) electrons. The highest BCUT2D eigenvalue weighted by Gasteiger charge is 2.24. The predicted molar refractivity (Wildman–Crippen MR) is 135 cm³/mol. The fourth-order valence-corrected chi connectivity index (χ4v) is 4.95. The Labute approximate surface area is 197 Å². The summed E-state index contributed by atoms with van der Waals surface area (Å²) < 4.78 is 0. The SMILES string of the molecule is C[C@@H]1C[C@@H](C)CN(c2cc(N3CCCCCC3)nc(NC(=S)NCc3cccnc3)n2)C1. The molecule has 2 fully saturated rings. The molecule has 2 saturated heterocycles. The average Bonchev–Trinajstić information content (AvgIpc) is 3.07. The van der Waals surface area contributed by atoms with E-state index in [2.05, 4.69) is 45.3 Å². The van der Waals surface area contributed by atoms with Crippen LogP contribution in [0.25, 0.3) is 0 Å². The lowest BCUT2D eigenvalue weighted by atomic mass is 9.92. The zero-order valence-electron chi connectivity index (χ0n) is 19.3. The fourth-order valence-electron chi connectivity index (χ4n) is 4.78. The van der Waals surface area contributed by atoms with Crippen LogP contribution in [0, 0.1) is 11.8 Å². The van der Waals surface area contributed by atoms with Gasteiger partial charge in [0.25, 0.3) is 0 Å². The van der Waals surface area contributed by atoms with Gasteiger partial charge in [-0.05, 0) is 54.9 Å². The van der Waals surface area contributed by atoms with Crippen molar-refractivity contribution >= 4 is 34.9 Å². The van der Waals surface area contributed by atoms with Gasteiger partial charge in [0, 0.05) is 51.2 Å². The zero-order chi connectivity index (χ0) is 22.3. The fraction of sp³-hybridized carbons (Fsp3) is 0.583. The van der Waals surface area contributed by atoms with E-state index in [1.165, 1.54) is 32.1 Å². The molecule has 2 N–H and O–H groups in total. The van der Waals surface area contributed by atoms with Gasteiger partial charge in [0.15, 0.2) is 5.11 Å². The molecule has 4 rings (SSSR count). The molecule has 0 spiro atoms. The first-order valence-corrected chi connectivity index (χ1v) is 12.3. The Balaban J connectivity index is 1.53. The van der Waals surface area contributed by atoms with Gasteiger partial charge in [0.05, 0.1) is 0 Å². The molecule has 32 heavy (non-hydrogen) atoms. The molecule has 4 heterocycles. The van der Waals surface area contributed by atoms with E-state index < -0.39 is 0 Å². The number of piperidine rings is 1. The van der Waals surface area contributed by atoms with Crippen molar-refractivity contribution in [1.29, 1.82) is 0 Å². The summed E-state index contributed by atoms with van der Waals surface area (Å²) in [5, 5.41) is 7.00. The van der Waals surface area contributed by atoms with Crippen molar-refractivity contribution in [2.75, 3.05) is 41.3 Å². The summed E-state index contributed by atoms with van der Waals surface area (Å²) in [4.78, 5) is 18.7. The minimum atomic E-state index is 0.521. The van der Waals surface area contributed by atoms with Crippen molar-refractivity contribution in [2.24, 2.45) is 11.8 Å². The summed E-state index contributed by atoms with van der Waals surface area (Å²) in [5.41, 5.74) is 1.08. The molecule has 0 bridgehead atoms. The molecule has 2 aliphatic rings. The topological polar surface area (TPSA) is 69.2 Å². The molecule has 0 aromatic carbocycles. The van der Waals surface area contributed by atoms with Crippen LogP contribution in [0.5, 0.6) is 0 Å². The van der Waals surface area contributed by atoms with Crippen molar-refractivity contribution in [1.82, 2.24) is 20.3 Å². The zero-order valence-corrected chi connectivity index (χ0v) is 20.1. The summed E-state index contributed by atoms with van der Waals surface area (Å²) >= 11 is 5.54. The van der Waals surface area contributed by atoms with Crippen LogP contribution in [0.4, 0.5) is 17.6 Å². The van der Waals surface area contributed by atoms with Crippen LogP contribution in [-0.2, 0) is 6.54 Å². The quantitative estimate of drug-likeness (QED) is 0.652. The highest BCUT2D eigenvalue weighted by atomic mass is 32.1. The van der Waals surface area contributed by atoms with Crippen LogP contribution in [0.3, 0.4) is 0 Å². The molecule has 2 atom stereocenters. The van der Waals surface area contributed by atoms with E-state index in [0.29, 0.717) is 29.4 Å². The van der Waals surface area contributed by atoms with Crippen LogP contribution in [0.2, 0.25) is 0 Å². The highest BCUT2D eigenvalue weighted by Crippen LogP contribution is 2.29. The second-order valence-electron chi connectivity index (χ2n) is 9.33. The van der Waals surface area contributed by atoms with Crippen molar-refractivity contribution in [3.63, 3.8) is 0 Å². The lowest BCUT2D eigenvalue weighted by molar-refractivity contribution is 0.355. The number of anilines is 3. The van der Waals surface area contributed by atoms with Crippen LogP contribution >= 0.6 is 12.2 Å². The predicted octanol–water partition coefficient (Wildman–Crippen LogP) is 4.22.